The van der Waals surface area contributed by atoms with Gasteiger partial charge in [0.25, 0.3) is 0 Å². The molecule has 0 aromatic carbocycles. The molecule has 5 nitrogen and oxygen atoms in total. The molecule has 0 bridgehead atoms. The first-order valence-corrected chi connectivity index (χ1v) is 8.33. The number of aliphatic carboxylic acids is 1. The van der Waals surface area contributed by atoms with Crippen LogP contribution in [0.5, 0.6) is 0 Å². The van der Waals surface area contributed by atoms with Crippen LogP contribution in [0.3, 0.4) is 0 Å². The summed E-state index contributed by atoms with van der Waals surface area (Å²) >= 11 is 1.76. The second-order valence-electron chi connectivity index (χ2n) is 6.38. The second-order valence-corrected chi connectivity index (χ2v) is 7.42. The smallest absolute Gasteiger partial charge is 0.317 e. The summed E-state index contributed by atoms with van der Waals surface area (Å²) in [5, 5.41) is 12.3. The summed E-state index contributed by atoms with van der Waals surface area (Å²) in [6.45, 7) is 8.20. The van der Waals surface area contributed by atoms with Gasteiger partial charge in [0, 0.05) is 24.9 Å². The fraction of sp³-hybridized carbons (Fsp3) is 0.857. The highest BCUT2D eigenvalue weighted by molar-refractivity contribution is 7.99. The number of hydrogen-bond donors (Lipinski definition) is 2. The molecular weight excluding hydrogens is 276 g/mol. The lowest BCUT2D eigenvalue weighted by molar-refractivity contribution is -0.143. The summed E-state index contributed by atoms with van der Waals surface area (Å²) in [6, 6.07) is -0.0721. The number of urea groups is 1. The van der Waals surface area contributed by atoms with Crippen molar-refractivity contribution in [2.45, 2.75) is 38.9 Å². The molecule has 1 unspecified atom stereocenters. The maximum absolute atomic E-state index is 12.1. The molecule has 2 amide bonds. The molecule has 116 valence electrons. The lowest BCUT2D eigenvalue weighted by Crippen LogP contribution is -2.48. The van der Waals surface area contributed by atoms with Crippen LogP contribution in [0.2, 0.25) is 0 Å². The van der Waals surface area contributed by atoms with Gasteiger partial charge in [0.15, 0.2) is 0 Å². The molecule has 1 aliphatic heterocycles. The van der Waals surface area contributed by atoms with Crippen molar-refractivity contribution < 1.29 is 14.7 Å². The van der Waals surface area contributed by atoms with Crippen molar-refractivity contribution in [3.05, 3.63) is 0 Å². The average molecular weight is 302 g/mol. The summed E-state index contributed by atoms with van der Waals surface area (Å²) < 4.78 is 0. The van der Waals surface area contributed by atoms with Gasteiger partial charge in [0.2, 0.25) is 0 Å². The minimum absolute atomic E-state index is 0.0721. The molecule has 1 saturated heterocycles. The van der Waals surface area contributed by atoms with Gasteiger partial charge in [-0.05, 0) is 24.5 Å². The van der Waals surface area contributed by atoms with Gasteiger partial charge in [-0.1, -0.05) is 20.8 Å². The number of carbonyl (C=O) groups is 2. The largest absolute Gasteiger partial charge is 0.481 e. The van der Waals surface area contributed by atoms with Crippen LogP contribution in [0.4, 0.5) is 4.79 Å². The molecule has 0 aromatic rings. The minimum atomic E-state index is -0.750. The van der Waals surface area contributed by atoms with Gasteiger partial charge in [0.05, 0.1) is 5.92 Å². The van der Waals surface area contributed by atoms with Crippen molar-refractivity contribution >= 4 is 23.8 Å². The maximum Gasteiger partial charge on any atom is 0.317 e. The Balaban J connectivity index is 2.39. The van der Waals surface area contributed by atoms with E-state index in [1.165, 1.54) is 0 Å². The van der Waals surface area contributed by atoms with Gasteiger partial charge in [-0.3, -0.25) is 4.79 Å². The molecule has 6 heteroatoms. The Morgan fingerprint density at radius 2 is 1.90 bits per heavy atom. The SMILES string of the molecule is CSC(CNC(=O)N1CCC(C(=O)O)CC1)C(C)(C)C. The van der Waals surface area contributed by atoms with Crippen molar-refractivity contribution in [2.75, 3.05) is 25.9 Å². The van der Waals surface area contributed by atoms with Gasteiger partial charge >= 0.3 is 12.0 Å². The number of likely N-dealkylation sites (tertiary alicyclic amines) is 1. The predicted octanol–water partition coefficient (Wildman–Crippen LogP) is 2.27. The third-order valence-corrected chi connectivity index (χ3v) is 5.26. The molecule has 20 heavy (non-hydrogen) atoms. The zero-order chi connectivity index (χ0) is 15.3. The number of nitrogens with one attached hydrogen (secondary N) is 1. The van der Waals surface area contributed by atoms with Crippen molar-refractivity contribution in [1.29, 1.82) is 0 Å². The first-order valence-electron chi connectivity index (χ1n) is 7.04. The van der Waals surface area contributed by atoms with Crippen molar-refractivity contribution in [3.63, 3.8) is 0 Å². The molecule has 1 heterocycles. The van der Waals surface area contributed by atoms with Crippen molar-refractivity contribution in [3.8, 4) is 0 Å². The van der Waals surface area contributed by atoms with E-state index >= 15 is 0 Å². The quantitative estimate of drug-likeness (QED) is 0.836. The Morgan fingerprint density at radius 3 is 2.30 bits per heavy atom. The predicted molar refractivity (Wildman–Crippen MR) is 82.1 cm³/mol. The van der Waals surface area contributed by atoms with Crippen LogP contribution in [0.1, 0.15) is 33.6 Å². The fourth-order valence-corrected chi connectivity index (χ4v) is 3.32. The zero-order valence-corrected chi connectivity index (χ0v) is 13.6. The number of thioether (sulfide) groups is 1. The highest BCUT2D eigenvalue weighted by atomic mass is 32.2. The van der Waals surface area contributed by atoms with Crippen LogP contribution in [0.15, 0.2) is 0 Å². The van der Waals surface area contributed by atoms with E-state index in [9.17, 15) is 9.59 Å². The van der Waals surface area contributed by atoms with Crippen LogP contribution in [-0.4, -0.2) is 53.1 Å². The maximum atomic E-state index is 12.1. The Labute approximate surface area is 125 Å². The number of amides is 2. The molecule has 0 spiro atoms. The van der Waals surface area contributed by atoms with Crippen LogP contribution >= 0.6 is 11.8 Å². The summed E-state index contributed by atoms with van der Waals surface area (Å²) in [6.07, 6.45) is 3.16. The van der Waals surface area contributed by atoms with Crippen LogP contribution in [0, 0.1) is 11.3 Å². The number of piperidine rings is 1. The van der Waals surface area contributed by atoms with Crippen LogP contribution in [-0.2, 0) is 4.79 Å². The van der Waals surface area contributed by atoms with E-state index in [4.69, 9.17) is 5.11 Å². The Kier molecular flexibility index (Phi) is 6.17. The number of carboxylic acids is 1. The van der Waals surface area contributed by atoms with E-state index in [1.54, 1.807) is 16.7 Å². The first-order chi connectivity index (χ1) is 9.25. The second kappa shape index (κ2) is 7.20. The monoisotopic (exact) mass is 302 g/mol. The average Bonchev–Trinajstić information content (AvgIpc) is 2.37. The first kappa shape index (κ1) is 17.1. The van der Waals surface area contributed by atoms with Crippen molar-refractivity contribution in [1.82, 2.24) is 10.2 Å². The van der Waals surface area contributed by atoms with Crippen LogP contribution < -0.4 is 5.32 Å². The summed E-state index contributed by atoms with van der Waals surface area (Å²) in [4.78, 5) is 24.7. The minimum Gasteiger partial charge on any atom is -0.481 e. The fourth-order valence-electron chi connectivity index (χ4n) is 2.36. The van der Waals surface area contributed by atoms with E-state index in [-0.39, 0.29) is 17.4 Å². The third kappa shape index (κ3) is 4.89. The van der Waals surface area contributed by atoms with E-state index in [0.717, 1.165) is 0 Å². The summed E-state index contributed by atoms with van der Waals surface area (Å²) in [5.74, 6) is -1.05. The number of carbonyl (C=O) groups excluding carboxylic acids is 1. The summed E-state index contributed by atoms with van der Waals surface area (Å²) in [7, 11) is 0. The van der Waals surface area contributed by atoms with Gasteiger partial charge in [0.1, 0.15) is 0 Å². The lowest BCUT2D eigenvalue weighted by Gasteiger charge is -2.33. The molecule has 1 fully saturated rings. The van der Waals surface area contributed by atoms with E-state index < -0.39 is 5.97 Å². The molecule has 0 radical (unpaired) electrons. The van der Waals surface area contributed by atoms with Crippen molar-refractivity contribution in [2.24, 2.45) is 11.3 Å². The van der Waals surface area contributed by atoms with E-state index in [0.29, 0.717) is 37.7 Å². The van der Waals surface area contributed by atoms with Crippen LogP contribution in [0.25, 0.3) is 0 Å². The molecule has 2 N–H and O–H groups in total. The molecule has 1 rings (SSSR count). The highest BCUT2D eigenvalue weighted by Crippen LogP contribution is 2.28. The Bertz CT molecular complexity index is 347. The normalized spacial score (nSPS) is 18.7. The van der Waals surface area contributed by atoms with Gasteiger partial charge in [-0.25, -0.2) is 4.79 Å². The number of hydrogen-bond acceptors (Lipinski definition) is 3. The van der Waals surface area contributed by atoms with Gasteiger partial charge < -0.3 is 15.3 Å². The number of carboxylic acid groups (broad SMARTS) is 1. The molecular formula is C14H26N2O3S. The van der Waals surface area contributed by atoms with Gasteiger partial charge in [-0.2, -0.15) is 11.8 Å². The standard InChI is InChI=1S/C14H26N2O3S/c1-14(2,3)11(20-4)9-15-13(19)16-7-5-10(6-8-16)12(17)18/h10-11H,5-9H2,1-4H3,(H,15,19)(H,17,18). The number of rotatable bonds is 4. The topological polar surface area (TPSA) is 69.6 Å². The summed E-state index contributed by atoms with van der Waals surface area (Å²) in [5.41, 5.74) is 0.142. The van der Waals surface area contributed by atoms with E-state index in [1.807, 2.05) is 0 Å². The number of nitrogens with zero attached hydrogens (tertiary/aromatic N) is 1. The molecule has 0 aliphatic carbocycles. The molecule has 1 aliphatic rings. The Morgan fingerprint density at radius 1 is 1.35 bits per heavy atom. The van der Waals surface area contributed by atoms with E-state index in [2.05, 4.69) is 32.3 Å². The third-order valence-electron chi connectivity index (χ3n) is 3.82. The Hall–Kier alpha value is -0.910. The zero-order valence-electron chi connectivity index (χ0n) is 12.8. The highest BCUT2D eigenvalue weighted by Gasteiger charge is 2.28. The molecule has 0 aromatic heterocycles. The molecule has 1 atom stereocenters. The lowest BCUT2D eigenvalue weighted by atomic mass is 9.91. The van der Waals surface area contributed by atoms with Gasteiger partial charge in [-0.15, -0.1) is 0 Å². The molecule has 0 saturated carbocycles.